The van der Waals surface area contributed by atoms with Crippen LogP contribution in [0.25, 0.3) is 11.3 Å². The van der Waals surface area contributed by atoms with Crippen molar-refractivity contribution < 1.29 is 4.79 Å². The number of nitrogens with one attached hydrogen (secondary N) is 1. The monoisotopic (exact) mass is 214 g/mol. The van der Waals surface area contributed by atoms with Crippen LogP contribution in [0.15, 0.2) is 42.9 Å². The Morgan fingerprint density at radius 2 is 2.00 bits per heavy atom. The Balaban J connectivity index is 2.53. The second-order valence-electron chi connectivity index (χ2n) is 3.12. The minimum absolute atomic E-state index is 0.358. The molecule has 5 heteroatoms. The molecular weight excluding hydrogens is 204 g/mol. The SMILES string of the molecule is NNC(=O)c1cncnc1-c1ccccc1. The van der Waals surface area contributed by atoms with Crippen LogP contribution in [-0.2, 0) is 0 Å². The molecule has 0 unspecified atom stereocenters. The molecule has 0 saturated heterocycles. The van der Waals surface area contributed by atoms with Crippen LogP contribution in [0.5, 0.6) is 0 Å². The molecule has 80 valence electrons. The summed E-state index contributed by atoms with van der Waals surface area (Å²) in [7, 11) is 0. The summed E-state index contributed by atoms with van der Waals surface area (Å²) in [5.41, 5.74) is 3.85. The predicted octanol–water partition coefficient (Wildman–Crippen LogP) is 0.747. The molecule has 0 radical (unpaired) electrons. The Kier molecular flexibility index (Phi) is 2.88. The largest absolute Gasteiger partial charge is 0.290 e. The molecule has 1 amide bonds. The first kappa shape index (κ1) is 10.3. The molecule has 0 spiro atoms. The number of benzene rings is 1. The fourth-order valence-electron chi connectivity index (χ4n) is 1.40. The van der Waals surface area contributed by atoms with E-state index in [-0.39, 0.29) is 0 Å². The van der Waals surface area contributed by atoms with E-state index in [2.05, 4.69) is 15.4 Å². The van der Waals surface area contributed by atoms with E-state index >= 15 is 0 Å². The number of nitrogens with zero attached hydrogens (tertiary/aromatic N) is 2. The van der Waals surface area contributed by atoms with Gasteiger partial charge in [0.05, 0.1) is 11.3 Å². The van der Waals surface area contributed by atoms with Crippen molar-refractivity contribution in [2.24, 2.45) is 5.84 Å². The molecule has 0 bridgehead atoms. The molecule has 0 aliphatic rings. The van der Waals surface area contributed by atoms with E-state index in [1.54, 1.807) is 0 Å². The Morgan fingerprint density at radius 1 is 1.25 bits per heavy atom. The molecule has 2 aromatic rings. The summed E-state index contributed by atoms with van der Waals surface area (Å²) in [6.07, 6.45) is 2.84. The number of hydrogen-bond donors (Lipinski definition) is 2. The van der Waals surface area contributed by atoms with Crippen molar-refractivity contribution in [3.8, 4) is 11.3 Å². The first-order valence-corrected chi connectivity index (χ1v) is 4.69. The lowest BCUT2D eigenvalue weighted by atomic mass is 10.1. The molecule has 0 saturated carbocycles. The molecule has 0 aliphatic carbocycles. The molecule has 5 nitrogen and oxygen atoms in total. The summed E-state index contributed by atoms with van der Waals surface area (Å²) in [5.74, 6) is 4.69. The van der Waals surface area contributed by atoms with Crippen LogP contribution in [0.1, 0.15) is 10.4 Å². The lowest BCUT2D eigenvalue weighted by molar-refractivity contribution is 0.0953. The first-order chi connectivity index (χ1) is 7.83. The average Bonchev–Trinajstić information content (AvgIpc) is 2.39. The number of nitrogen functional groups attached to an aromatic ring is 1. The smallest absolute Gasteiger partial charge is 0.268 e. The highest BCUT2D eigenvalue weighted by molar-refractivity contribution is 5.99. The van der Waals surface area contributed by atoms with Crippen molar-refractivity contribution in [3.63, 3.8) is 0 Å². The van der Waals surface area contributed by atoms with Gasteiger partial charge in [-0.1, -0.05) is 30.3 Å². The topological polar surface area (TPSA) is 80.9 Å². The zero-order valence-corrected chi connectivity index (χ0v) is 8.42. The van der Waals surface area contributed by atoms with Crippen LogP contribution < -0.4 is 11.3 Å². The third-order valence-electron chi connectivity index (χ3n) is 2.14. The molecule has 1 aromatic heterocycles. The van der Waals surface area contributed by atoms with Gasteiger partial charge in [-0.15, -0.1) is 0 Å². The Morgan fingerprint density at radius 3 is 2.69 bits per heavy atom. The number of hydrazine groups is 1. The maximum absolute atomic E-state index is 11.5. The molecule has 0 atom stereocenters. The second-order valence-corrected chi connectivity index (χ2v) is 3.12. The zero-order chi connectivity index (χ0) is 11.4. The first-order valence-electron chi connectivity index (χ1n) is 4.69. The van der Waals surface area contributed by atoms with Gasteiger partial charge in [-0.2, -0.15) is 0 Å². The van der Waals surface area contributed by atoms with E-state index in [0.29, 0.717) is 11.3 Å². The maximum atomic E-state index is 11.5. The van der Waals surface area contributed by atoms with Crippen LogP contribution in [0, 0.1) is 0 Å². The van der Waals surface area contributed by atoms with Gasteiger partial charge in [0.1, 0.15) is 6.33 Å². The fourth-order valence-corrected chi connectivity index (χ4v) is 1.40. The highest BCUT2D eigenvalue weighted by Gasteiger charge is 2.12. The number of carbonyl (C=O) groups is 1. The van der Waals surface area contributed by atoms with Gasteiger partial charge < -0.3 is 0 Å². The summed E-state index contributed by atoms with van der Waals surface area (Å²) >= 11 is 0. The highest BCUT2D eigenvalue weighted by atomic mass is 16.2. The van der Waals surface area contributed by atoms with E-state index in [9.17, 15) is 4.79 Å². The molecule has 16 heavy (non-hydrogen) atoms. The zero-order valence-electron chi connectivity index (χ0n) is 8.42. The summed E-state index contributed by atoms with van der Waals surface area (Å²) in [4.78, 5) is 19.4. The number of nitrogens with two attached hydrogens (primary N) is 1. The van der Waals surface area contributed by atoms with Gasteiger partial charge in [0.25, 0.3) is 5.91 Å². The van der Waals surface area contributed by atoms with E-state index in [0.717, 1.165) is 5.56 Å². The van der Waals surface area contributed by atoms with E-state index in [4.69, 9.17) is 5.84 Å². The third-order valence-corrected chi connectivity index (χ3v) is 2.14. The van der Waals surface area contributed by atoms with Crippen LogP contribution >= 0.6 is 0 Å². The van der Waals surface area contributed by atoms with Crippen LogP contribution in [0.2, 0.25) is 0 Å². The third kappa shape index (κ3) is 1.89. The van der Waals surface area contributed by atoms with Crippen molar-refractivity contribution in [3.05, 3.63) is 48.4 Å². The summed E-state index contributed by atoms with van der Waals surface area (Å²) in [6.45, 7) is 0. The van der Waals surface area contributed by atoms with Crippen LogP contribution in [0.3, 0.4) is 0 Å². The van der Waals surface area contributed by atoms with Crippen LogP contribution in [-0.4, -0.2) is 15.9 Å². The molecule has 3 N–H and O–H groups in total. The standard InChI is InChI=1S/C11H10N4O/c12-15-11(16)9-6-13-7-14-10(9)8-4-2-1-3-5-8/h1-7H,12H2,(H,15,16). The number of amides is 1. The molecule has 0 fully saturated rings. The van der Waals surface area contributed by atoms with Gasteiger partial charge in [-0.3, -0.25) is 10.2 Å². The summed E-state index contributed by atoms with van der Waals surface area (Å²) in [6, 6.07) is 9.39. The molecule has 2 rings (SSSR count). The lowest BCUT2D eigenvalue weighted by Crippen LogP contribution is -2.30. The van der Waals surface area contributed by atoms with Gasteiger partial charge in [-0.05, 0) is 0 Å². The number of aromatic nitrogens is 2. The normalized spacial score (nSPS) is 9.81. The lowest BCUT2D eigenvalue weighted by Gasteiger charge is -2.05. The van der Waals surface area contributed by atoms with Crippen molar-refractivity contribution in [2.45, 2.75) is 0 Å². The molecule has 1 aromatic carbocycles. The van der Waals surface area contributed by atoms with Crippen molar-refractivity contribution in [1.82, 2.24) is 15.4 Å². The molecule has 0 aliphatic heterocycles. The number of carbonyl (C=O) groups excluding carboxylic acids is 1. The maximum Gasteiger partial charge on any atom is 0.268 e. The number of rotatable bonds is 2. The Hall–Kier alpha value is -2.27. The fraction of sp³-hybridized carbons (Fsp3) is 0. The van der Waals surface area contributed by atoms with Gasteiger partial charge in [0.15, 0.2) is 0 Å². The van der Waals surface area contributed by atoms with Gasteiger partial charge in [-0.25, -0.2) is 15.8 Å². The van der Waals surface area contributed by atoms with E-state index in [1.165, 1.54) is 12.5 Å². The van der Waals surface area contributed by atoms with E-state index < -0.39 is 5.91 Å². The Labute approximate surface area is 92.3 Å². The average molecular weight is 214 g/mol. The van der Waals surface area contributed by atoms with Crippen molar-refractivity contribution >= 4 is 5.91 Å². The highest BCUT2D eigenvalue weighted by Crippen LogP contribution is 2.19. The molecule has 1 heterocycles. The van der Waals surface area contributed by atoms with Crippen molar-refractivity contribution in [1.29, 1.82) is 0 Å². The quantitative estimate of drug-likeness (QED) is 0.439. The van der Waals surface area contributed by atoms with Crippen LogP contribution in [0.4, 0.5) is 0 Å². The van der Waals surface area contributed by atoms with Gasteiger partial charge in [0.2, 0.25) is 0 Å². The minimum atomic E-state index is -0.403. The number of hydrogen-bond acceptors (Lipinski definition) is 4. The van der Waals surface area contributed by atoms with Crippen molar-refractivity contribution in [2.75, 3.05) is 0 Å². The summed E-state index contributed by atoms with van der Waals surface area (Å²) < 4.78 is 0. The van der Waals surface area contributed by atoms with Gasteiger partial charge >= 0.3 is 0 Å². The Bertz CT molecular complexity index is 498. The van der Waals surface area contributed by atoms with E-state index in [1.807, 2.05) is 30.3 Å². The predicted molar refractivity (Wildman–Crippen MR) is 59.1 cm³/mol. The minimum Gasteiger partial charge on any atom is -0.290 e. The molecular formula is C11H10N4O. The second kappa shape index (κ2) is 4.50. The summed E-state index contributed by atoms with van der Waals surface area (Å²) in [5, 5.41) is 0. The van der Waals surface area contributed by atoms with Gasteiger partial charge in [0, 0.05) is 11.8 Å².